The summed E-state index contributed by atoms with van der Waals surface area (Å²) in [6, 6.07) is 2.01. The van der Waals surface area contributed by atoms with Crippen LogP contribution in [0.4, 0.5) is 0 Å². The van der Waals surface area contributed by atoms with Crippen molar-refractivity contribution in [3.8, 4) is 12.3 Å². The van der Waals surface area contributed by atoms with Gasteiger partial charge < -0.3 is 9.64 Å². The van der Waals surface area contributed by atoms with Crippen LogP contribution in [0.5, 0.6) is 0 Å². The lowest BCUT2D eigenvalue weighted by atomic mass is 10.5. The van der Waals surface area contributed by atoms with Gasteiger partial charge in [0.1, 0.15) is 0 Å². The SMILES string of the molecule is N#CCSC(=NC#N)N1CCOCC1. The minimum absolute atomic E-state index is 0.317. The van der Waals surface area contributed by atoms with E-state index in [4.69, 9.17) is 15.3 Å². The third kappa shape index (κ3) is 3.25. The highest BCUT2D eigenvalue weighted by Crippen LogP contribution is 2.10. The molecule has 0 unspecified atom stereocenters. The zero-order chi connectivity index (χ0) is 10.2. The van der Waals surface area contributed by atoms with Crippen molar-refractivity contribution in [3.63, 3.8) is 0 Å². The number of thioether (sulfide) groups is 1. The van der Waals surface area contributed by atoms with Crippen LogP contribution in [0.2, 0.25) is 0 Å². The molecular formula is C8H10N4OS. The summed E-state index contributed by atoms with van der Waals surface area (Å²) >= 11 is 1.29. The number of morpholine rings is 1. The minimum atomic E-state index is 0.317. The van der Waals surface area contributed by atoms with Crippen LogP contribution in [0.3, 0.4) is 0 Å². The number of hydrogen-bond acceptors (Lipinski definition) is 5. The Hall–Kier alpha value is -1.24. The lowest BCUT2D eigenvalue weighted by Crippen LogP contribution is -2.39. The lowest BCUT2D eigenvalue weighted by Gasteiger charge is -2.28. The predicted octanol–water partition coefficient (Wildman–Crippen LogP) is 0.412. The fraction of sp³-hybridized carbons (Fsp3) is 0.625. The molecule has 5 nitrogen and oxygen atoms in total. The van der Waals surface area contributed by atoms with E-state index in [-0.39, 0.29) is 0 Å². The zero-order valence-electron chi connectivity index (χ0n) is 7.64. The first-order valence-corrected chi connectivity index (χ1v) is 5.16. The van der Waals surface area contributed by atoms with E-state index in [0.717, 1.165) is 13.1 Å². The number of aliphatic imine (C=N–C) groups is 1. The van der Waals surface area contributed by atoms with Crippen LogP contribution in [0.25, 0.3) is 0 Å². The molecule has 0 atom stereocenters. The van der Waals surface area contributed by atoms with E-state index in [1.165, 1.54) is 11.8 Å². The Morgan fingerprint density at radius 2 is 2.14 bits per heavy atom. The molecule has 0 aromatic carbocycles. The van der Waals surface area contributed by atoms with Gasteiger partial charge in [0.05, 0.1) is 25.0 Å². The van der Waals surface area contributed by atoms with Crippen LogP contribution in [0.1, 0.15) is 0 Å². The number of nitriles is 2. The summed E-state index contributed by atoms with van der Waals surface area (Å²) in [5.41, 5.74) is 0. The largest absolute Gasteiger partial charge is 0.378 e. The van der Waals surface area contributed by atoms with E-state index in [2.05, 4.69) is 4.99 Å². The van der Waals surface area contributed by atoms with Gasteiger partial charge in [-0.25, -0.2) is 0 Å². The molecule has 74 valence electrons. The molecule has 0 bridgehead atoms. The molecule has 14 heavy (non-hydrogen) atoms. The molecule has 1 fully saturated rings. The average molecular weight is 210 g/mol. The maximum absolute atomic E-state index is 8.47. The lowest BCUT2D eigenvalue weighted by molar-refractivity contribution is 0.0694. The van der Waals surface area contributed by atoms with E-state index in [1.54, 1.807) is 6.19 Å². The molecule has 0 aromatic heterocycles. The standard InChI is InChI=1S/C8H10N4OS/c9-1-6-14-8(11-7-10)12-2-4-13-5-3-12/h2-6H2. The molecule has 0 aromatic rings. The second-order valence-electron chi connectivity index (χ2n) is 2.54. The Bertz CT molecular complexity index is 285. The second-order valence-corrected chi connectivity index (χ2v) is 3.48. The van der Waals surface area contributed by atoms with Gasteiger partial charge >= 0.3 is 0 Å². The number of rotatable bonds is 1. The summed E-state index contributed by atoms with van der Waals surface area (Å²) in [5.74, 6) is 0.317. The highest BCUT2D eigenvalue weighted by atomic mass is 32.2. The summed E-state index contributed by atoms with van der Waals surface area (Å²) in [6.07, 6.45) is 1.75. The molecule has 1 heterocycles. The Balaban J connectivity index is 2.54. The van der Waals surface area contributed by atoms with E-state index in [0.29, 0.717) is 24.1 Å². The van der Waals surface area contributed by atoms with Crippen molar-refractivity contribution in [2.75, 3.05) is 32.1 Å². The van der Waals surface area contributed by atoms with Crippen LogP contribution in [0.15, 0.2) is 4.99 Å². The van der Waals surface area contributed by atoms with Gasteiger partial charge in [-0.2, -0.15) is 10.5 Å². The number of amidine groups is 1. The summed E-state index contributed by atoms with van der Waals surface area (Å²) in [6.45, 7) is 2.77. The highest BCUT2D eigenvalue weighted by Gasteiger charge is 2.15. The molecule has 1 aliphatic heterocycles. The van der Waals surface area contributed by atoms with Gasteiger partial charge in [-0.05, 0) is 0 Å². The molecule has 0 saturated carbocycles. The van der Waals surface area contributed by atoms with Gasteiger partial charge in [-0.1, -0.05) is 11.8 Å². The van der Waals surface area contributed by atoms with Gasteiger partial charge in [0.15, 0.2) is 5.17 Å². The quantitative estimate of drug-likeness (QED) is 0.356. The van der Waals surface area contributed by atoms with Crippen LogP contribution in [-0.2, 0) is 4.74 Å². The molecule has 1 rings (SSSR count). The second kappa shape index (κ2) is 6.25. The predicted molar refractivity (Wildman–Crippen MR) is 53.5 cm³/mol. The average Bonchev–Trinajstić information content (AvgIpc) is 2.25. The van der Waals surface area contributed by atoms with E-state index < -0.39 is 0 Å². The van der Waals surface area contributed by atoms with Crippen LogP contribution in [-0.4, -0.2) is 42.1 Å². The Labute approximate surface area is 87.0 Å². The first kappa shape index (κ1) is 10.8. The smallest absolute Gasteiger partial charge is 0.208 e. The Morgan fingerprint density at radius 3 is 2.71 bits per heavy atom. The number of hydrogen-bond donors (Lipinski definition) is 0. The summed E-state index contributed by atoms with van der Waals surface area (Å²) in [7, 11) is 0. The molecule has 1 aliphatic rings. The van der Waals surface area contributed by atoms with Crippen molar-refractivity contribution in [2.45, 2.75) is 0 Å². The van der Waals surface area contributed by atoms with E-state index >= 15 is 0 Å². The molecule has 0 aliphatic carbocycles. The number of ether oxygens (including phenoxy) is 1. The molecule has 0 spiro atoms. The summed E-state index contributed by atoms with van der Waals surface area (Å²) in [4.78, 5) is 5.66. The highest BCUT2D eigenvalue weighted by molar-refractivity contribution is 8.13. The molecule has 0 N–H and O–H groups in total. The molecule has 1 saturated heterocycles. The first-order valence-electron chi connectivity index (χ1n) is 4.17. The van der Waals surface area contributed by atoms with Crippen LogP contribution >= 0.6 is 11.8 Å². The first-order chi connectivity index (χ1) is 6.88. The Kier molecular flexibility index (Phi) is 4.84. The minimum Gasteiger partial charge on any atom is -0.378 e. The fourth-order valence-corrected chi connectivity index (χ4v) is 1.75. The van der Waals surface area contributed by atoms with Crippen molar-refractivity contribution < 1.29 is 4.74 Å². The maximum atomic E-state index is 8.47. The molecular weight excluding hydrogens is 200 g/mol. The topological polar surface area (TPSA) is 72.4 Å². The summed E-state index contributed by atoms with van der Waals surface area (Å²) in [5, 5.41) is 17.5. The van der Waals surface area contributed by atoms with Gasteiger partial charge in [-0.3, -0.25) is 0 Å². The van der Waals surface area contributed by atoms with Crippen LogP contribution in [0, 0.1) is 22.8 Å². The van der Waals surface area contributed by atoms with E-state index in [1.807, 2.05) is 11.0 Å². The van der Waals surface area contributed by atoms with Crippen molar-refractivity contribution in [1.29, 1.82) is 10.5 Å². The van der Waals surface area contributed by atoms with Crippen LogP contribution < -0.4 is 0 Å². The van der Waals surface area contributed by atoms with Gasteiger partial charge in [0, 0.05) is 13.1 Å². The zero-order valence-corrected chi connectivity index (χ0v) is 8.46. The van der Waals surface area contributed by atoms with Crippen molar-refractivity contribution in [1.82, 2.24) is 4.90 Å². The molecule has 6 heteroatoms. The fourth-order valence-electron chi connectivity index (χ4n) is 1.09. The third-order valence-corrected chi connectivity index (χ3v) is 2.57. The van der Waals surface area contributed by atoms with Crippen molar-refractivity contribution in [3.05, 3.63) is 0 Å². The van der Waals surface area contributed by atoms with Gasteiger partial charge in [0.25, 0.3) is 0 Å². The molecule has 0 amide bonds. The third-order valence-electron chi connectivity index (χ3n) is 1.69. The normalized spacial score (nSPS) is 17.3. The van der Waals surface area contributed by atoms with E-state index in [9.17, 15) is 0 Å². The van der Waals surface area contributed by atoms with Gasteiger partial charge in [0.2, 0.25) is 6.19 Å². The number of nitrogens with zero attached hydrogens (tertiary/aromatic N) is 4. The van der Waals surface area contributed by atoms with Crippen molar-refractivity contribution in [2.24, 2.45) is 4.99 Å². The monoisotopic (exact) mass is 210 g/mol. The summed E-state index contributed by atoms with van der Waals surface area (Å²) < 4.78 is 5.18. The maximum Gasteiger partial charge on any atom is 0.208 e. The van der Waals surface area contributed by atoms with Crippen molar-refractivity contribution >= 4 is 16.9 Å². The van der Waals surface area contributed by atoms with Gasteiger partial charge in [-0.15, -0.1) is 4.99 Å². The Morgan fingerprint density at radius 1 is 1.43 bits per heavy atom. The molecule has 0 radical (unpaired) electrons.